The fraction of sp³-hybridized carbons (Fsp3) is 0.500. The third-order valence-electron chi connectivity index (χ3n) is 2.60. The second-order valence-electron chi connectivity index (χ2n) is 4.06. The second-order valence-corrected chi connectivity index (χ2v) is 6.21. The van der Waals surface area contributed by atoms with E-state index >= 15 is 0 Å². The summed E-state index contributed by atoms with van der Waals surface area (Å²) in [7, 11) is -3.83. The zero-order valence-corrected chi connectivity index (χ0v) is 12.4. The molecular formula is C12H16F4NO3P. The van der Waals surface area contributed by atoms with Crippen molar-refractivity contribution in [2.75, 3.05) is 13.2 Å². The van der Waals surface area contributed by atoms with Crippen LogP contribution in [-0.2, 0) is 19.8 Å². The van der Waals surface area contributed by atoms with Crippen LogP contribution in [0.4, 0.5) is 17.6 Å². The van der Waals surface area contributed by atoms with Gasteiger partial charge in [-0.25, -0.2) is 4.39 Å². The molecule has 1 aromatic carbocycles. The third kappa shape index (κ3) is 4.26. The lowest BCUT2D eigenvalue weighted by atomic mass is 10.1. The first-order chi connectivity index (χ1) is 9.65. The molecule has 0 aliphatic heterocycles. The summed E-state index contributed by atoms with van der Waals surface area (Å²) in [4.78, 5) is 0. The Morgan fingerprint density at radius 3 is 2.19 bits per heavy atom. The van der Waals surface area contributed by atoms with Gasteiger partial charge in [-0.3, -0.25) is 4.57 Å². The van der Waals surface area contributed by atoms with Crippen LogP contribution in [0.25, 0.3) is 0 Å². The van der Waals surface area contributed by atoms with Crippen LogP contribution < -0.4 is 5.73 Å². The van der Waals surface area contributed by atoms with Crippen molar-refractivity contribution in [2.45, 2.75) is 25.8 Å². The molecule has 0 spiro atoms. The van der Waals surface area contributed by atoms with Crippen LogP contribution in [-0.4, -0.2) is 13.2 Å². The minimum atomic E-state index is -4.87. The van der Waals surface area contributed by atoms with E-state index in [2.05, 4.69) is 0 Å². The van der Waals surface area contributed by atoms with Gasteiger partial charge in [0.1, 0.15) is 11.6 Å². The van der Waals surface area contributed by atoms with E-state index in [0.717, 1.165) is 6.07 Å². The zero-order chi connectivity index (χ0) is 16.3. The summed E-state index contributed by atoms with van der Waals surface area (Å²) in [5.74, 6) is -2.86. The van der Waals surface area contributed by atoms with E-state index in [1.807, 2.05) is 0 Å². The van der Waals surface area contributed by atoms with E-state index in [-0.39, 0.29) is 18.8 Å². The molecule has 0 bridgehead atoms. The van der Waals surface area contributed by atoms with Crippen LogP contribution in [0.1, 0.15) is 30.8 Å². The number of halogens is 4. The van der Waals surface area contributed by atoms with Gasteiger partial charge >= 0.3 is 13.8 Å². The van der Waals surface area contributed by atoms with E-state index < -0.39 is 30.9 Å². The summed E-state index contributed by atoms with van der Waals surface area (Å²) in [6.45, 7) is 3.12. The lowest BCUT2D eigenvalue weighted by Gasteiger charge is -2.24. The first-order valence-corrected chi connectivity index (χ1v) is 7.78. The van der Waals surface area contributed by atoms with Crippen molar-refractivity contribution < 1.29 is 31.2 Å². The Morgan fingerprint density at radius 2 is 1.76 bits per heavy atom. The van der Waals surface area contributed by atoms with E-state index in [4.69, 9.17) is 14.8 Å². The molecule has 0 heterocycles. The van der Waals surface area contributed by atoms with Crippen molar-refractivity contribution in [1.82, 2.24) is 0 Å². The Morgan fingerprint density at radius 1 is 1.24 bits per heavy atom. The summed E-state index contributed by atoms with van der Waals surface area (Å²) in [6.07, 6.45) is -4.87. The van der Waals surface area contributed by atoms with Gasteiger partial charge in [0.25, 0.3) is 0 Å². The van der Waals surface area contributed by atoms with Gasteiger partial charge in [-0.2, -0.15) is 13.2 Å². The predicted molar refractivity (Wildman–Crippen MR) is 69.2 cm³/mol. The highest BCUT2D eigenvalue weighted by Gasteiger charge is 2.38. The van der Waals surface area contributed by atoms with Crippen LogP contribution in [0.2, 0.25) is 0 Å². The molecule has 1 aromatic rings. The summed E-state index contributed by atoms with van der Waals surface area (Å²) >= 11 is 0. The average molecular weight is 329 g/mol. The zero-order valence-electron chi connectivity index (χ0n) is 11.5. The molecule has 0 saturated carbocycles. The van der Waals surface area contributed by atoms with E-state index in [1.54, 1.807) is 13.8 Å². The second kappa shape index (κ2) is 6.87. The molecular weight excluding hydrogens is 313 g/mol. The first-order valence-electron chi connectivity index (χ1n) is 6.16. The minimum Gasteiger partial charge on any atom is -0.314 e. The molecule has 2 N–H and O–H groups in total. The number of hydrogen-bond donors (Lipinski definition) is 1. The molecule has 0 aliphatic carbocycles. The third-order valence-corrected chi connectivity index (χ3v) is 4.81. The van der Waals surface area contributed by atoms with Crippen LogP contribution in [0.3, 0.4) is 0 Å². The molecule has 21 heavy (non-hydrogen) atoms. The molecule has 1 rings (SSSR count). The maximum Gasteiger partial charge on any atom is 0.419 e. The van der Waals surface area contributed by atoms with Crippen LogP contribution >= 0.6 is 7.60 Å². The highest BCUT2D eigenvalue weighted by Crippen LogP contribution is 2.58. The lowest BCUT2D eigenvalue weighted by molar-refractivity contribution is -0.140. The number of rotatable bonds is 6. The fourth-order valence-electron chi connectivity index (χ4n) is 1.68. The average Bonchev–Trinajstić information content (AvgIpc) is 2.37. The SMILES string of the molecule is CCOP(=O)(OCC)[C@H](N)c1ccc(F)c(C(F)(F)F)c1. The number of benzene rings is 1. The Balaban J connectivity index is 3.23. The molecule has 0 fully saturated rings. The van der Waals surface area contributed by atoms with Crippen LogP contribution in [0, 0.1) is 5.82 Å². The van der Waals surface area contributed by atoms with Crippen molar-refractivity contribution in [3.8, 4) is 0 Å². The highest BCUT2D eigenvalue weighted by molar-refractivity contribution is 7.54. The molecule has 4 nitrogen and oxygen atoms in total. The van der Waals surface area contributed by atoms with Gasteiger partial charge in [-0.05, 0) is 31.5 Å². The van der Waals surface area contributed by atoms with Crippen LogP contribution in [0.15, 0.2) is 18.2 Å². The van der Waals surface area contributed by atoms with Crippen molar-refractivity contribution in [1.29, 1.82) is 0 Å². The Kier molecular flexibility index (Phi) is 5.92. The summed E-state index contributed by atoms with van der Waals surface area (Å²) in [6, 6.07) is 2.17. The fourth-order valence-corrected chi connectivity index (χ4v) is 3.33. The topological polar surface area (TPSA) is 61.5 Å². The van der Waals surface area contributed by atoms with Gasteiger partial charge in [0.05, 0.1) is 18.8 Å². The largest absolute Gasteiger partial charge is 0.419 e. The van der Waals surface area contributed by atoms with Gasteiger partial charge in [0.2, 0.25) is 0 Å². The normalized spacial score (nSPS) is 14.2. The molecule has 0 saturated heterocycles. The first kappa shape index (κ1) is 18.1. The Hall–Kier alpha value is -0.950. The van der Waals surface area contributed by atoms with Gasteiger partial charge in [0, 0.05) is 0 Å². The van der Waals surface area contributed by atoms with E-state index in [0.29, 0.717) is 12.1 Å². The molecule has 120 valence electrons. The van der Waals surface area contributed by atoms with Crippen molar-refractivity contribution in [2.24, 2.45) is 5.73 Å². The smallest absolute Gasteiger partial charge is 0.314 e. The molecule has 0 radical (unpaired) electrons. The molecule has 9 heteroatoms. The maximum absolute atomic E-state index is 13.2. The standard InChI is InChI=1S/C12H16F4NO3P/c1-3-19-21(18,20-4-2)11(17)8-5-6-10(13)9(7-8)12(14,15)16/h5-7,11H,3-4,17H2,1-2H3/t11-/m0/s1. The van der Waals surface area contributed by atoms with Crippen LogP contribution in [0.5, 0.6) is 0 Å². The number of hydrogen-bond acceptors (Lipinski definition) is 4. The van der Waals surface area contributed by atoms with Gasteiger partial charge in [-0.15, -0.1) is 0 Å². The monoisotopic (exact) mass is 329 g/mol. The Labute approximate surface area is 119 Å². The van der Waals surface area contributed by atoms with Gasteiger partial charge in [-0.1, -0.05) is 6.07 Å². The molecule has 0 aromatic heterocycles. The van der Waals surface area contributed by atoms with Gasteiger partial charge < -0.3 is 14.8 Å². The highest BCUT2D eigenvalue weighted by atomic mass is 31.2. The summed E-state index contributed by atoms with van der Waals surface area (Å²) in [5.41, 5.74) is 4.06. The molecule has 1 atom stereocenters. The molecule has 0 unspecified atom stereocenters. The van der Waals surface area contributed by atoms with Crippen molar-refractivity contribution in [3.05, 3.63) is 35.1 Å². The molecule has 0 aliphatic rings. The van der Waals surface area contributed by atoms with E-state index in [9.17, 15) is 22.1 Å². The molecule has 0 amide bonds. The number of alkyl halides is 3. The Bertz CT molecular complexity index is 526. The van der Waals surface area contributed by atoms with Gasteiger partial charge in [0.15, 0.2) is 0 Å². The predicted octanol–water partition coefficient (Wildman–Crippen LogP) is 4.07. The number of nitrogens with two attached hydrogens (primary N) is 1. The summed E-state index contributed by atoms with van der Waals surface area (Å²) in [5, 5.41) is 0. The van der Waals surface area contributed by atoms with Crippen molar-refractivity contribution >= 4 is 7.60 Å². The van der Waals surface area contributed by atoms with E-state index in [1.165, 1.54) is 0 Å². The lowest BCUT2D eigenvalue weighted by Crippen LogP contribution is -2.17. The minimum absolute atomic E-state index is 0.0122. The summed E-state index contributed by atoms with van der Waals surface area (Å²) < 4.78 is 73.6. The van der Waals surface area contributed by atoms with Crippen molar-refractivity contribution in [3.63, 3.8) is 0 Å². The maximum atomic E-state index is 13.2. The quantitative estimate of drug-likeness (QED) is 0.631.